The molecule has 1 N–H and O–H groups in total. The fourth-order valence-corrected chi connectivity index (χ4v) is 3.94. The van der Waals surface area contributed by atoms with E-state index in [0.29, 0.717) is 6.54 Å². The van der Waals surface area contributed by atoms with E-state index in [1.807, 2.05) is 6.92 Å². The number of ether oxygens (including phenoxy) is 1. The van der Waals surface area contributed by atoms with Gasteiger partial charge in [-0.2, -0.15) is 0 Å². The van der Waals surface area contributed by atoms with Crippen molar-refractivity contribution >= 4 is 17.2 Å². The van der Waals surface area contributed by atoms with Crippen molar-refractivity contribution in [3.8, 4) is 0 Å². The van der Waals surface area contributed by atoms with E-state index in [1.165, 1.54) is 11.3 Å². The number of carbonyl (C=O) groups is 1. The van der Waals surface area contributed by atoms with Crippen LogP contribution in [-0.4, -0.2) is 54.2 Å². The normalized spacial score (nSPS) is 22.7. The summed E-state index contributed by atoms with van der Waals surface area (Å²) in [6.07, 6.45) is 2.53. The molecule has 2 rings (SSSR count). The van der Waals surface area contributed by atoms with Gasteiger partial charge in [0.1, 0.15) is 4.88 Å². The van der Waals surface area contributed by atoms with Gasteiger partial charge in [-0.1, -0.05) is 6.92 Å². The van der Waals surface area contributed by atoms with Gasteiger partial charge >= 0.3 is 0 Å². The maximum Gasteiger partial charge on any atom is 0.263 e. The van der Waals surface area contributed by atoms with Crippen molar-refractivity contribution in [1.29, 1.82) is 0 Å². The van der Waals surface area contributed by atoms with Crippen LogP contribution in [0.5, 0.6) is 0 Å². The summed E-state index contributed by atoms with van der Waals surface area (Å²) in [5.41, 5.74) is 0.847. The number of rotatable bonds is 6. The number of thiazole rings is 1. The van der Waals surface area contributed by atoms with Crippen LogP contribution in [0.2, 0.25) is 0 Å². The number of nitrogens with zero attached hydrogens (tertiary/aromatic N) is 2. The number of morpholine rings is 1. The van der Waals surface area contributed by atoms with Crippen LogP contribution in [0, 0.1) is 6.92 Å². The van der Waals surface area contributed by atoms with Gasteiger partial charge in [-0.3, -0.25) is 9.69 Å². The molecule has 0 spiro atoms. The molecule has 1 amide bonds. The molecule has 1 aromatic heterocycles. The third-order valence-corrected chi connectivity index (χ3v) is 4.94. The van der Waals surface area contributed by atoms with Gasteiger partial charge in [0.25, 0.3) is 5.91 Å². The predicted molar refractivity (Wildman–Crippen MR) is 89.6 cm³/mol. The van der Waals surface area contributed by atoms with E-state index < -0.39 is 0 Å². The first-order chi connectivity index (χ1) is 10.5. The number of hydrogen-bond donors (Lipinski definition) is 1. The fraction of sp³-hybridized carbons (Fsp3) is 0.750. The Morgan fingerprint density at radius 3 is 2.73 bits per heavy atom. The molecule has 0 saturated carbocycles. The zero-order valence-corrected chi connectivity index (χ0v) is 14.8. The fourth-order valence-electron chi connectivity index (χ4n) is 2.86. The van der Waals surface area contributed by atoms with E-state index in [2.05, 4.69) is 36.0 Å². The minimum atomic E-state index is 0.00621. The predicted octanol–water partition coefficient (Wildman–Crippen LogP) is 2.24. The Kier molecular flexibility index (Phi) is 6.35. The van der Waals surface area contributed by atoms with E-state index in [-0.39, 0.29) is 18.1 Å². The van der Waals surface area contributed by atoms with Crippen LogP contribution in [0.15, 0.2) is 0 Å². The summed E-state index contributed by atoms with van der Waals surface area (Å²) < 4.78 is 5.72. The molecule has 1 aromatic rings. The Labute approximate surface area is 137 Å². The number of hydrogen-bond acceptors (Lipinski definition) is 5. The van der Waals surface area contributed by atoms with Gasteiger partial charge in [0.2, 0.25) is 0 Å². The maximum atomic E-state index is 12.3. The first kappa shape index (κ1) is 17.4. The molecule has 0 aromatic carbocycles. The number of aryl methyl sites for hydroxylation is 2. The second kappa shape index (κ2) is 8.04. The number of aromatic nitrogens is 1. The van der Waals surface area contributed by atoms with Crippen molar-refractivity contribution in [3.05, 3.63) is 15.6 Å². The van der Waals surface area contributed by atoms with Crippen molar-refractivity contribution in [1.82, 2.24) is 15.2 Å². The summed E-state index contributed by atoms with van der Waals surface area (Å²) in [4.78, 5) is 19.8. The molecule has 0 aliphatic carbocycles. The minimum absolute atomic E-state index is 0.00621. The molecule has 2 atom stereocenters. The third-order valence-electron chi connectivity index (χ3n) is 3.72. The van der Waals surface area contributed by atoms with Crippen LogP contribution >= 0.6 is 11.3 Å². The zero-order chi connectivity index (χ0) is 16.1. The largest absolute Gasteiger partial charge is 0.373 e. The van der Waals surface area contributed by atoms with Gasteiger partial charge in [-0.25, -0.2) is 4.98 Å². The Balaban J connectivity index is 1.80. The average molecular weight is 325 g/mol. The molecular formula is C16H27N3O2S. The monoisotopic (exact) mass is 325 g/mol. The van der Waals surface area contributed by atoms with Crippen LogP contribution in [0.3, 0.4) is 0 Å². The molecular weight excluding hydrogens is 298 g/mol. The minimum Gasteiger partial charge on any atom is -0.373 e. The van der Waals surface area contributed by atoms with Crippen molar-refractivity contribution in [2.45, 2.75) is 52.7 Å². The molecule has 1 saturated heterocycles. The zero-order valence-electron chi connectivity index (χ0n) is 14.0. The van der Waals surface area contributed by atoms with Crippen molar-refractivity contribution in [2.24, 2.45) is 0 Å². The van der Waals surface area contributed by atoms with E-state index >= 15 is 0 Å². The molecule has 124 valence electrons. The average Bonchev–Trinajstić information content (AvgIpc) is 2.79. The van der Waals surface area contributed by atoms with Crippen LogP contribution in [0.1, 0.15) is 47.6 Å². The number of amides is 1. The SMILES string of the molecule is CCCc1nc(C)c(C(=O)NCCN2C[C@@H](C)O[C@@H](C)C2)s1. The molecule has 22 heavy (non-hydrogen) atoms. The Morgan fingerprint density at radius 2 is 2.09 bits per heavy atom. The highest BCUT2D eigenvalue weighted by Crippen LogP contribution is 2.19. The lowest BCUT2D eigenvalue weighted by Crippen LogP contribution is -2.47. The van der Waals surface area contributed by atoms with Crippen molar-refractivity contribution in [2.75, 3.05) is 26.2 Å². The Hall–Kier alpha value is -0.980. The standard InChI is InChI=1S/C16H27N3O2S/c1-5-6-14-18-13(4)15(22-14)16(20)17-7-8-19-9-11(2)21-12(3)10-19/h11-12H,5-10H2,1-4H3,(H,17,20)/t11-,12+. The van der Waals surface area contributed by atoms with Crippen LogP contribution in [0.4, 0.5) is 0 Å². The van der Waals surface area contributed by atoms with E-state index in [1.54, 1.807) is 0 Å². The topological polar surface area (TPSA) is 54.5 Å². The molecule has 0 bridgehead atoms. The molecule has 6 heteroatoms. The van der Waals surface area contributed by atoms with Gasteiger partial charge in [-0.15, -0.1) is 11.3 Å². The molecule has 1 aliphatic heterocycles. The lowest BCUT2D eigenvalue weighted by molar-refractivity contribution is -0.0672. The maximum absolute atomic E-state index is 12.3. The van der Waals surface area contributed by atoms with E-state index in [0.717, 1.165) is 48.1 Å². The highest BCUT2D eigenvalue weighted by Gasteiger charge is 2.22. The quantitative estimate of drug-likeness (QED) is 0.871. The summed E-state index contributed by atoms with van der Waals surface area (Å²) in [5.74, 6) is 0.00621. The molecule has 0 unspecified atom stereocenters. The number of nitrogens with one attached hydrogen (secondary N) is 1. The van der Waals surface area contributed by atoms with E-state index in [9.17, 15) is 4.79 Å². The van der Waals surface area contributed by atoms with Crippen LogP contribution < -0.4 is 5.32 Å². The van der Waals surface area contributed by atoms with Gasteiger partial charge in [0, 0.05) is 26.2 Å². The Bertz CT molecular complexity index is 494. The van der Waals surface area contributed by atoms with Gasteiger partial charge in [0.15, 0.2) is 0 Å². The van der Waals surface area contributed by atoms with Crippen LogP contribution in [0.25, 0.3) is 0 Å². The smallest absolute Gasteiger partial charge is 0.263 e. The second-order valence-electron chi connectivity index (χ2n) is 6.04. The van der Waals surface area contributed by atoms with Crippen molar-refractivity contribution in [3.63, 3.8) is 0 Å². The first-order valence-corrected chi connectivity index (χ1v) is 8.93. The summed E-state index contributed by atoms with van der Waals surface area (Å²) in [6.45, 7) is 11.6. The highest BCUT2D eigenvalue weighted by atomic mass is 32.1. The molecule has 1 fully saturated rings. The molecule has 0 radical (unpaired) electrons. The lowest BCUT2D eigenvalue weighted by Gasteiger charge is -2.35. The van der Waals surface area contributed by atoms with Gasteiger partial charge in [0.05, 0.1) is 22.9 Å². The summed E-state index contributed by atoms with van der Waals surface area (Å²) in [6, 6.07) is 0. The van der Waals surface area contributed by atoms with E-state index in [4.69, 9.17) is 4.74 Å². The molecule has 5 nitrogen and oxygen atoms in total. The lowest BCUT2D eigenvalue weighted by atomic mass is 10.2. The molecule has 2 heterocycles. The third kappa shape index (κ3) is 4.76. The van der Waals surface area contributed by atoms with Gasteiger partial charge in [-0.05, 0) is 33.6 Å². The van der Waals surface area contributed by atoms with Crippen molar-refractivity contribution < 1.29 is 9.53 Å². The Morgan fingerprint density at radius 1 is 1.41 bits per heavy atom. The number of carbonyl (C=O) groups excluding carboxylic acids is 1. The summed E-state index contributed by atoms with van der Waals surface area (Å²) in [7, 11) is 0. The van der Waals surface area contributed by atoms with Gasteiger partial charge < -0.3 is 10.1 Å². The second-order valence-corrected chi connectivity index (χ2v) is 7.13. The summed E-state index contributed by atoms with van der Waals surface area (Å²) >= 11 is 1.52. The highest BCUT2D eigenvalue weighted by molar-refractivity contribution is 7.13. The first-order valence-electron chi connectivity index (χ1n) is 8.12. The van der Waals surface area contributed by atoms with Crippen LogP contribution in [-0.2, 0) is 11.2 Å². The summed E-state index contributed by atoms with van der Waals surface area (Å²) in [5, 5.41) is 4.08. The molecule has 1 aliphatic rings.